The molecule has 0 unspecified atom stereocenters. The molecule has 0 aliphatic carbocycles. The lowest BCUT2D eigenvalue weighted by molar-refractivity contribution is 1.44. The SMILES string of the molecule is N#Cc1c(-c2ccccc2)cc(-c2cccc3c2sc2ccccc23)c(C#N)c1-c1cccc2sc3ccccc3c12. The average molecular weight is 569 g/mol. The minimum absolute atomic E-state index is 0.521. The number of thiophene rings is 2. The number of nitrogens with zero attached hydrogens (tertiary/aromatic N) is 2. The van der Waals surface area contributed by atoms with Gasteiger partial charge in [0.15, 0.2) is 0 Å². The lowest BCUT2D eigenvalue weighted by atomic mass is 9.83. The summed E-state index contributed by atoms with van der Waals surface area (Å²) in [5, 5.41) is 26.3. The molecule has 6 aromatic carbocycles. The normalized spacial score (nSPS) is 11.3. The maximum Gasteiger partial charge on any atom is 0.100 e. The van der Waals surface area contributed by atoms with E-state index in [4.69, 9.17) is 0 Å². The zero-order valence-corrected chi connectivity index (χ0v) is 23.9. The van der Waals surface area contributed by atoms with Gasteiger partial charge in [-0.2, -0.15) is 10.5 Å². The molecule has 0 saturated heterocycles. The third kappa shape index (κ3) is 3.60. The summed E-state index contributed by atoms with van der Waals surface area (Å²) in [6.45, 7) is 0. The molecule has 0 spiro atoms. The molecule has 0 aliphatic heterocycles. The Hall–Kier alpha value is -5.26. The zero-order chi connectivity index (χ0) is 28.2. The molecule has 8 rings (SSSR count). The first kappa shape index (κ1) is 24.5. The third-order valence-electron chi connectivity index (χ3n) is 8.00. The summed E-state index contributed by atoms with van der Waals surface area (Å²) in [5.41, 5.74) is 6.30. The largest absolute Gasteiger partial charge is 0.192 e. The maximum atomic E-state index is 10.9. The van der Waals surface area contributed by atoms with Crippen LogP contribution < -0.4 is 0 Å². The van der Waals surface area contributed by atoms with Crippen LogP contribution in [-0.4, -0.2) is 0 Å². The van der Waals surface area contributed by atoms with E-state index in [0.29, 0.717) is 16.7 Å². The summed E-state index contributed by atoms with van der Waals surface area (Å²) in [4.78, 5) is 0. The van der Waals surface area contributed by atoms with Crippen molar-refractivity contribution >= 4 is 63.0 Å². The van der Waals surface area contributed by atoms with Gasteiger partial charge < -0.3 is 0 Å². The van der Waals surface area contributed by atoms with Gasteiger partial charge in [0.2, 0.25) is 0 Å². The summed E-state index contributed by atoms with van der Waals surface area (Å²) in [6, 6.07) is 46.6. The van der Waals surface area contributed by atoms with Crippen LogP contribution in [0.5, 0.6) is 0 Å². The second-order valence-electron chi connectivity index (χ2n) is 10.2. The fourth-order valence-electron chi connectivity index (χ4n) is 6.18. The predicted octanol–water partition coefficient (Wildman–Crippen LogP) is 11.2. The molecular formula is C38H20N2S2. The Balaban J connectivity index is 1.56. The smallest absolute Gasteiger partial charge is 0.100 e. The van der Waals surface area contributed by atoms with Crippen molar-refractivity contribution in [2.75, 3.05) is 0 Å². The molecule has 2 nitrogen and oxygen atoms in total. The van der Waals surface area contributed by atoms with E-state index in [1.165, 1.54) is 20.2 Å². The summed E-state index contributed by atoms with van der Waals surface area (Å²) in [5.74, 6) is 0. The van der Waals surface area contributed by atoms with Crippen molar-refractivity contribution in [3.05, 3.63) is 132 Å². The average Bonchev–Trinajstić information content (AvgIpc) is 3.63. The Bertz CT molecular complexity index is 2430. The van der Waals surface area contributed by atoms with Crippen LogP contribution >= 0.6 is 22.7 Å². The highest BCUT2D eigenvalue weighted by Crippen LogP contribution is 2.48. The van der Waals surface area contributed by atoms with Crippen molar-refractivity contribution in [2.24, 2.45) is 0 Å². The van der Waals surface area contributed by atoms with Crippen molar-refractivity contribution in [2.45, 2.75) is 0 Å². The molecule has 2 heterocycles. The first-order valence-corrected chi connectivity index (χ1v) is 15.3. The van der Waals surface area contributed by atoms with E-state index < -0.39 is 0 Å². The number of hydrogen-bond donors (Lipinski definition) is 0. The molecule has 0 saturated carbocycles. The highest BCUT2D eigenvalue weighted by Gasteiger charge is 2.25. The highest BCUT2D eigenvalue weighted by molar-refractivity contribution is 7.26. The summed E-state index contributed by atoms with van der Waals surface area (Å²) < 4.78 is 4.68. The van der Waals surface area contributed by atoms with Gasteiger partial charge in [0.05, 0.1) is 11.1 Å². The molecule has 8 aromatic rings. The zero-order valence-electron chi connectivity index (χ0n) is 22.3. The minimum Gasteiger partial charge on any atom is -0.192 e. The lowest BCUT2D eigenvalue weighted by Gasteiger charge is -2.18. The van der Waals surface area contributed by atoms with Gasteiger partial charge in [-0.3, -0.25) is 0 Å². The standard InChI is InChI=1S/C38H20N2S2/c39-21-31-29(23-10-2-1-3-11-23)20-30(26-15-8-14-25-24-12-4-6-17-33(24)42-38(25)26)32(22-40)36(31)28-16-9-19-35-37(28)27-13-5-7-18-34(27)41-35/h1-20H. The van der Waals surface area contributed by atoms with Crippen molar-refractivity contribution in [3.63, 3.8) is 0 Å². The predicted molar refractivity (Wildman–Crippen MR) is 178 cm³/mol. The van der Waals surface area contributed by atoms with Crippen LogP contribution in [-0.2, 0) is 0 Å². The van der Waals surface area contributed by atoms with E-state index >= 15 is 0 Å². The van der Waals surface area contributed by atoms with E-state index in [1.807, 2.05) is 36.4 Å². The number of hydrogen-bond acceptors (Lipinski definition) is 4. The molecule has 4 heteroatoms. The van der Waals surface area contributed by atoms with Crippen LogP contribution in [0.1, 0.15) is 11.1 Å². The molecule has 0 N–H and O–H groups in total. The molecule has 0 amide bonds. The fourth-order valence-corrected chi connectivity index (χ4v) is 8.55. The van der Waals surface area contributed by atoms with Crippen LogP contribution in [0, 0.1) is 22.7 Å². The second kappa shape index (κ2) is 9.68. The van der Waals surface area contributed by atoms with Crippen molar-refractivity contribution in [1.29, 1.82) is 10.5 Å². The Morgan fingerprint density at radius 2 is 1.05 bits per heavy atom. The van der Waals surface area contributed by atoms with Crippen LogP contribution in [0.3, 0.4) is 0 Å². The molecule has 0 radical (unpaired) electrons. The van der Waals surface area contributed by atoms with Crippen molar-refractivity contribution < 1.29 is 0 Å². The number of rotatable bonds is 3. The van der Waals surface area contributed by atoms with E-state index in [2.05, 4.69) is 97.1 Å². The molecular weight excluding hydrogens is 549 g/mol. The molecule has 42 heavy (non-hydrogen) atoms. The van der Waals surface area contributed by atoms with Gasteiger partial charge in [0.1, 0.15) is 12.1 Å². The van der Waals surface area contributed by atoms with Gasteiger partial charge in [-0.05, 0) is 35.4 Å². The maximum absolute atomic E-state index is 10.9. The lowest BCUT2D eigenvalue weighted by Crippen LogP contribution is -1.98. The number of nitriles is 2. The first-order chi connectivity index (χ1) is 20.8. The molecule has 2 aromatic heterocycles. The second-order valence-corrected chi connectivity index (χ2v) is 12.4. The van der Waals surface area contributed by atoms with Crippen LogP contribution in [0.2, 0.25) is 0 Å². The van der Waals surface area contributed by atoms with Crippen LogP contribution in [0.4, 0.5) is 0 Å². The van der Waals surface area contributed by atoms with E-state index in [9.17, 15) is 10.5 Å². The quantitative estimate of drug-likeness (QED) is 0.213. The summed E-state index contributed by atoms with van der Waals surface area (Å²) in [7, 11) is 0. The Morgan fingerprint density at radius 1 is 0.452 bits per heavy atom. The number of fused-ring (bicyclic) bond motifs is 6. The van der Waals surface area contributed by atoms with Gasteiger partial charge in [0, 0.05) is 62.6 Å². The van der Waals surface area contributed by atoms with Gasteiger partial charge in [0.25, 0.3) is 0 Å². The van der Waals surface area contributed by atoms with Gasteiger partial charge in [-0.1, -0.05) is 97.1 Å². The van der Waals surface area contributed by atoms with Crippen molar-refractivity contribution in [3.8, 4) is 45.5 Å². The molecule has 194 valence electrons. The minimum atomic E-state index is 0.521. The first-order valence-electron chi connectivity index (χ1n) is 13.6. The topological polar surface area (TPSA) is 47.6 Å². The van der Waals surface area contributed by atoms with E-state index in [-0.39, 0.29) is 0 Å². The van der Waals surface area contributed by atoms with Gasteiger partial charge in [-0.25, -0.2) is 0 Å². The molecule has 0 fully saturated rings. The Kier molecular flexibility index (Phi) is 5.66. The van der Waals surface area contributed by atoms with E-state index in [1.54, 1.807) is 22.7 Å². The summed E-state index contributed by atoms with van der Waals surface area (Å²) >= 11 is 3.49. The van der Waals surface area contributed by atoms with Crippen LogP contribution in [0.25, 0.3) is 73.7 Å². The third-order valence-corrected chi connectivity index (χ3v) is 10.4. The summed E-state index contributed by atoms with van der Waals surface area (Å²) in [6.07, 6.45) is 0. The monoisotopic (exact) mass is 568 g/mol. The number of benzene rings is 6. The van der Waals surface area contributed by atoms with Crippen molar-refractivity contribution in [1.82, 2.24) is 0 Å². The van der Waals surface area contributed by atoms with Gasteiger partial charge in [-0.15, -0.1) is 22.7 Å². The highest BCUT2D eigenvalue weighted by atomic mass is 32.1. The Morgan fingerprint density at radius 3 is 1.83 bits per heavy atom. The molecule has 0 aliphatic rings. The Labute approximate surface area is 250 Å². The molecule has 0 bridgehead atoms. The van der Waals surface area contributed by atoms with Crippen LogP contribution in [0.15, 0.2) is 121 Å². The fraction of sp³-hybridized carbons (Fsp3) is 0. The molecule has 0 atom stereocenters. The van der Waals surface area contributed by atoms with Gasteiger partial charge >= 0.3 is 0 Å². The van der Waals surface area contributed by atoms with E-state index in [0.717, 1.165) is 48.0 Å².